The minimum Gasteiger partial charge on any atom is -0.386 e. The zero-order valence-corrected chi connectivity index (χ0v) is 15.0. The second kappa shape index (κ2) is 8.56. The Morgan fingerprint density at radius 2 is 2.16 bits per heavy atom. The third kappa shape index (κ3) is 5.30. The summed E-state index contributed by atoms with van der Waals surface area (Å²) in [6, 6.07) is 3.60. The van der Waals surface area contributed by atoms with Crippen molar-refractivity contribution in [3.05, 3.63) is 21.3 Å². The Bertz CT molecular complexity index is 424. The number of nitrogens with two attached hydrogens (primary N) is 1. The highest BCUT2D eigenvalue weighted by Gasteiger charge is 2.14. The van der Waals surface area contributed by atoms with E-state index < -0.39 is 6.10 Å². The van der Waals surface area contributed by atoms with Crippen molar-refractivity contribution < 1.29 is 5.11 Å². The Morgan fingerprint density at radius 1 is 1.47 bits per heavy atom. The molecule has 0 radical (unpaired) electrons. The van der Waals surface area contributed by atoms with Crippen LogP contribution in [0.1, 0.15) is 11.0 Å². The molecule has 1 aliphatic rings. The molecule has 1 aromatic rings. The zero-order valence-electron chi connectivity index (χ0n) is 10.3. The Labute approximate surface area is 143 Å². The normalized spacial score (nSPS) is 18.0. The molecular weight excluding hydrogens is 417 g/mol. The summed E-state index contributed by atoms with van der Waals surface area (Å²) in [6.45, 7) is 2.15. The highest BCUT2D eigenvalue weighted by atomic mass is 127. The average Bonchev–Trinajstić information content (AvgIpc) is 2.83. The third-order valence-corrected chi connectivity index (χ3v) is 4.96. The van der Waals surface area contributed by atoms with Gasteiger partial charge in [0, 0.05) is 29.5 Å². The van der Waals surface area contributed by atoms with Gasteiger partial charge in [0.25, 0.3) is 0 Å². The number of thiophene rings is 1. The van der Waals surface area contributed by atoms with E-state index in [1.165, 1.54) is 11.3 Å². The van der Waals surface area contributed by atoms with Gasteiger partial charge in [-0.1, -0.05) is 11.6 Å². The number of guanidine groups is 1. The minimum absolute atomic E-state index is 0. The topological polar surface area (TPSA) is 61.9 Å². The first-order valence-electron chi connectivity index (χ1n) is 5.72. The molecule has 2 rings (SSSR count). The second-order valence-corrected chi connectivity index (χ2v) is 6.93. The van der Waals surface area contributed by atoms with Gasteiger partial charge in [-0.05, 0) is 12.1 Å². The van der Waals surface area contributed by atoms with Crippen LogP contribution in [0.4, 0.5) is 0 Å². The van der Waals surface area contributed by atoms with Gasteiger partial charge in [0.1, 0.15) is 6.10 Å². The molecule has 0 saturated carbocycles. The van der Waals surface area contributed by atoms with E-state index in [1.54, 1.807) is 6.07 Å². The van der Waals surface area contributed by atoms with E-state index in [9.17, 15) is 5.11 Å². The Balaban J connectivity index is 0.00000180. The molecule has 1 aliphatic heterocycles. The Morgan fingerprint density at radius 3 is 2.74 bits per heavy atom. The number of thioether (sulfide) groups is 1. The lowest BCUT2D eigenvalue weighted by Crippen LogP contribution is -2.42. The van der Waals surface area contributed by atoms with Crippen LogP contribution in [0.3, 0.4) is 0 Å². The van der Waals surface area contributed by atoms with Gasteiger partial charge >= 0.3 is 0 Å². The van der Waals surface area contributed by atoms with Crippen molar-refractivity contribution in [2.75, 3.05) is 31.1 Å². The number of hydrogen-bond donors (Lipinski definition) is 2. The summed E-state index contributed by atoms with van der Waals surface area (Å²) in [5, 5.41) is 9.95. The number of aliphatic imine (C=N–C) groups is 1. The van der Waals surface area contributed by atoms with Gasteiger partial charge in [0.05, 0.1) is 10.9 Å². The fourth-order valence-electron chi connectivity index (χ4n) is 1.67. The van der Waals surface area contributed by atoms with E-state index in [0.717, 1.165) is 29.5 Å². The molecule has 1 unspecified atom stereocenters. The predicted octanol–water partition coefficient (Wildman–Crippen LogP) is 2.42. The summed E-state index contributed by atoms with van der Waals surface area (Å²) in [4.78, 5) is 7.14. The van der Waals surface area contributed by atoms with Crippen LogP contribution in [0.25, 0.3) is 0 Å². The van der Waals surface area contributed by atoms with E-state index in [2.05, 4.69) is 9.89 Å². The standard InChI is InChI=1S/C11H16ClN3OS2.HI/c12-10-2-1-9(18-10)8(16)7-14-11(13)15-3-5-17-6-4-15;/h1-2,8,16H,3-7H2,(H2,13,14);1H. The molecule has 0 spiro atoms. The van der Waals surface area contributed by atoms with E-state index in [-0.39, 0.29) is 30.5 Å². The fourth-order valence-corrected chi connectivity index (χ4v) is 3.61. The number of rotatable bonds is 3. The lowest BCUT2D eigenvalue weighted by atomic mass is 10.3. The molecule has 1 atom stereocenters. The number of hydrogen-bond acceptors (Lipinski definition) is 4. The summed E-state index contributed by atoms with van der Waals surface area (Å²) in [5.74, 6) is 2.69. The quantitative estimate of drug-likeness (QED) is 0.437. The molecule has 0 amide bonds. The van der Waals surface area contributed by atoms with E-state index in [0.29, 0.717) is 10.3 Å². The largest absolute Gasteiger partial charge is 0.386 e. The van der Waals surface area contributed by atoms with Gasteiger partial charge in [-0.25, -0.2) is 0 Å². The molecule has 3 N–H and O–H groups in total. The number of aliphatic hydroxyl groups is 1. The second-order valence-electron chi connectivity index (χ2n) is 3.96. The highest BCUT2D eigenvalue weighted by Crippen LogP contribution is 2.26. The fraction of sp³-hybridized carbons (Fsp3) is 0.545. The smallest absolute Gasteiger partial charge is 0.191 e. The summed E-state index contributed by atoms with van der Waals surface area (Å²) >= 11 is 9.12. The maximum atomic E-state index is 9.95. The Kier molecular flexibility index (Phi) is 7.81. The molecule has 0 aromatic carbocycles. The van der Waals surface area contributed by atoms with E-state index >= 15 is 0 Å². The molecule has 19 heavy (non-hydrogen) atoms. The van der Waals surface area contributed by atoms with Crippen molar-refractivity contribution in [2.24, 2.45) is 10.7 Å². The van der Waals surface area contributed by atoms with Crippen molar-refractivity contribution in [1.82, 2.24) is 4.90 Å². The summed E-state index contributed by atoms with van der Waals surface area (Å²) < 4.78 is 0.675. The zero-order chi connectivity index (χ0) is 13.0. The molecule has 4 nitrogen and oxygen atoms in total. The van der Waals surface area contributed by atoms with Crippen LogP contribution in [0.2, 0.25) is 4.34 Å². The summed E-state index contributed by atoms with van der Waals surface area (Å²) in [6.07, 6.45) is -0.625. The number of nitrogens with zero attached hydrogens (tertiary/aromatic N) is 2. The molecule has 0 bridgehead atoms. The van der Waals surface area contributed by atoms with Crippen molar-refractivity contribution in [2.45, 2.75) is 6.10 Å². The van der Waals surface area contributed by atoms with Crippen molar-refractivity contribution >= 4 is 64.6 Å². The molecule has 1 saturated heterocycles. The first kappa shape index (κ1) is 17.4. The predicted molar refractivity (Wildman–Crippen MR) is 95.1 cm³/mol. The van der Waals surface area contributed by atoms with Crippen LogP contribution in [0, 0.1) is 0 Å². The van der Waals surface area contributed by atoms with Crippen LogP contribution < -0.4 is 5.73 Å². The SMILES string of the molecule is I.NC(=NCC(O)c1ccc(Cl)s1)N1CCSCC1. The first-order chi connectivity index (χ1) is 8.66. The minimum atomic E-state index is -0.625. The molecule has 108 valence electrons. The third-order valence-electron chi connectivity index (χ3n) is 2.68. The molecule has 1 fully saturated rings. The van der Waals surface area contributed by atoms with Crippen LogP contribution in [0.15, 0.2) is 17.1 Å². The molecule has 1 aromatic heterocycles. The highest BCUT2D eigenvalue weighted by molar-refractivity contribution is 14.0. The maximum absolute atomic E-state index is 9.95. The van der Waals surface area contributed by atoms with Gasteiger partial charge in [-0.15, -0.1) is 35.3 Å². The van der Waals surface area contributed by atoms with Gasteiger partial charge in [0.2, 0.25) is 0 Å². The summed E-state index contributed by atoms with van der Waals surface area (Å²) in [5.41, 5.74) is 5.91. The van der Waals surface area contributed by atoms with Crippen LogP contribution >= 0.6 is 58.7 Å². The van der Waals surface area contributed by atoms with Crippen LogP contribution in [-0.2, 0) is 0 Å². The molecule has 2 heterocycles. The van der Waals surface area contributed by atoms with Crippen molar-refractivity contribution in [3.63, 3.8) is 0 Å². The van der Waals surface area contributed by atoms with Crippen molar-refractivity contribution in [3.8, 4) is 0 Å². The maximum Gasteiger partial charge on any atom is 0.191 e. The van der Waals surface area contributed by atoms with Gasteiger partial charge in [-0.3, -0.25) is 4.99 Å². The Hall–Kier alpha value is 0.300. The lowest BCUT2D eigenvalue weighted by molar-refractivity contribution is 0.190. The van der Waals surface area contributed by atoms with E-state index in [1.807, 2.05) is 17.8 Å². The van der Waals surface area contributed by atoms with E-state index in [4.69, 9.17) is 17.3 Å². The van der Waals surface area contributed by atoms with Gasteiger partial charge in [-0.2, -0.15) is 11.8 Å². The first-order valence-corrected chi connectivity index (χ1v) is 8.07. The summed E-state index contributed by atoms with van der Waals surface area (Å²) in [7, 11) is 0. The molecule has 0 aliphatic carbocycles. The molecule has 8 heteroatoms. The lowest BCUT2D eigenvalue weighted by Gasteiger charge is -2.27. The molecular formula is C11H17ClIN3OS2. The van der Waals surface area contributed by atoms with Crippen LogP contribution in [-0.4, -0.2) is 47.1 Å². The van der Waals surface area contributed by atoms with Crippen molar-refractivity contribution in [1.29, 1.82) is 0 Å². The van der Waals surface area contributed by atoms with Crippen LogP contribution in [0.5, 0.6) is 0 Å². The number of aliphatic hydroxyl groups excluding tert-OH is 1. The van der Waals surface area contributed by atoms with Gasteiger partial charge in [0.15, 0.2) is 5.96 Å². The van der Waals surface area contributed by atoms with Gasteiger partial charge < -0.3 is 15.7 Å². The monoisotopic (exact) mass is 433 g/mol. The average molecular weight is 434 g/mol. The number of halogens is 2.